The van der Waals surface area contributed by atoms with E-state index in [0.29, 0.717) is 6.42 Å². The molecule has 0 aromatic rings. The molecule has 0 fully saturated rings. The number of nitrogens with one attached hydrogen (secondary N) is 2. The molecule has 0 bridgehead atoms. The fraction of sp³-hybridized carbons (Fsp3) is 0.700. The number of hydrogen-bond donors (Lipinski definition) is 2. The molecule has 74 valence electrons. The van der Waals surface area contributed by atoms with Gasteiger partial charge in [-0.05, 0) is 13.3 Å². The third-order valence-electron chi connectivity index (χ3n) is 1.62. The van der Waals surface area contributed by atoms with Crippen LogP contribution in [-0.4, -0.2) is 18.6 Å². The lowest BCUT2D eigenvalue weighted by molar-refractivity contribution is 0.238. The maximum absolute atomic E-state index is 11.1. The van der Waals surface area contributed by atoms with E-state index in [1.807, 2.05) is 6.92 Å². The molecule has 1 unspecified atom stereocenters. The number of urea groups is 1. The molecule has 1 atom stereocenters. The summed E-state index contributed by atoms with van der Waals surface area (Å²) in [5, 5.41) is 5.50. The van der Waals surface area contributed by atoms with Crippen LogP contribution < -0.4 is 10.6 Å². The fourth-order valence-corrected chi connectivity index (χ4v) is 0.881. The molecule has 3 heteroatoms. The number of rotatable bonds is 5. The first-order valence-electron chi connectivity index (χ1n) is 4.68. The molecule has 0 saturated heterocycles. The van der Waals surface area contributed by atoms with Gasteiger partial charge in [-0.1, -0.05) is 13.3 Å². The number of carbonyl (C=O) groups is 1. The Labute approximate surface area is 80.3 Å². The van der Waals surface area contributed by atoms with Crippen molar-refractivity contribution in [3.8, 4) is 12.3 Å². The van der Waals surface area contributed by atoms with Gasteiger partial charge in [-0.25, -0.2) is 4.79 Å². The molecule has 0 rings (SSSR count). The van der Waals surface area contributed by atoms with Gasteiger partial charge in [0.15, 0.2) is 0 Å². The molecule has 0 aliphatic carbocycles. The fourth-order valence-electron chi connectivity index (χ4n) is 0.881. The second kappa shape index (κ2) is 7.48. The summed E-state index contributed by atoms with van der Waals surface area (Å²) in [4.78, 5) is 11.1. The van der Waals surface area contributed by atoms with Crippen molar-refractivity contribution in [2.75, 3.05) is 6.54 Å². The first-order valence-corrected chi connectivity index (χ1v) is 4.68. The molecular weight excluding hydrogens is 164 g/mol. The number of carbonyl (C=O) groups excluding carboxylic acids is 1. The zero-order chi connectivity index (χ0) is 10.1. The summed E-state index contributed by atoms with van der Waals surface area (Å²) in [5.74, 6) is 2.50. The van der Waals surface area contributed by atoms with Crippen molar-refractivity contribution in [3.05, 3.63) is 0 Å². The largest absolute Gasteiger partial charge is 0.338 e. The van der Waals surface area contributed by atoms with E-state index in [-0.39, 0.29) is 12.1 Å². The Morgan fingerprint density at radius 3 is 2.85 bits per heavy atom. The molecule has 0 radical (unpaired) electrons. The van der Waals surface area contributed by atoms with Gasteiger partial charge in [-0.2, -0.15) is 0 Å². The minimum atomic E-state index is -0.129. The van der Waals surface area contributed by atoms with E-state index >= 15 is 0 Å². The van der Waals surface area contributed by atoms with Crippen LogP contribution in [0, 0.1) is 12.3 Å². The molecule has 0 aliphatic heterocycles. The van der Waals surface area contributed by atoms with Gasteiger partial charge >= 0.3 is 6.03 Å². The van der Waals surface area contributed by atoms with Gasteiger partial charge in [0.05, 0.1) is 0 Å². The number of terminal acetylenes is 1. The lowest BCUT2D eigenvalue weighted by atomic mass is 10.2. The Balaban J connectivity index is 3.45. The Hall–Kier alpha value is -1.17. The van der Waals surface area contributed by atoms with Gasteiger partial charge in [-0.15, -0.1) is 12.3 Å². The summed E-state index contributed by atoms with van der Waals surface area (Å²) < 4.78 is 0. The van der Waals surface area contributed by atoms with Gasteiger partial charge in [0, 0.05) is 19.0 Å². The Bertz CT molecular complexity index is 184. The van der Waals surface area contributed by atoms with Crippen LogP contribution in [0.5, 0.6) is 0 Å². The van der Waals surface area contributed by atoms with E-state index in [4.69, 9.17) is 6.42 Å². The first-order chi connectivity index (χ1) is 6.20. The highest BCUT2D eigenvalue weighted by molar-refractivity contribution is 5.74. The van der Waals surface area contributed by atoms with Crippen molar-refractivity contribution in [1.82, 2.24) is 10.6 Å². The summed E-state index contributed by atoms with van der Waals surface area (Å²) in [6, 6.07) is -0.0807. The molecule has 3 nitrogen and oxygen atoms in total. The van der Waals surface area contributed by atoms with Crippen molar-refractivity contribution < 1.29 is 4.79 Å². The monoisotopic (exact) mass is 182 g/mol. The SMILES string of the molecule is C#CCC(C)NC(=O)NCCCC. The maximum Gasteiger partial charge on any atom is 0.315 e. The van der Waals surface area contributed by atoms with E-state index in [1.54, 1.807) is 0 Å². The summed E-state index contributed by atoms with van der Waals surface area (Å²) in [7, 11) is 0. The standard InChI is InChI=1S/C10H18N2O/c1-4-6-8-11-10(13)12-9(3)7-5-2/h2,9H,4,6-8H2,1,3H3,(H2,11,12,13). The molecule has 2 amide bonds. The second-order valence-corrected chi connectivity index (χ2v) is 3.06. The van der Waals surface area contributed by atoms with E-state index in [0.717, 1.165) is 19.4 Å². The van der Waals surface area contributed by atoms with Gasteiger partial charge in [-0.3, -0.25) is 0 Å². The van der Waals surface area contributed by atoms with Gasteiger partial charge in [0.2, 0.25) is 0 Å². The lowest BCUT2D eigenvalue weighted by Gasteiger charge is -2.11. The summed E-state index contributed by atoms with van der Waals surface area (Å²) in [6.45, 7) is 4.70. The lowest BCUT2D eigenvalue weighted by Crippen LogP contribution is -2.40. The molecule has 0 heterocycles. The zero-order valence-corrected chi connectivity index (χ0v) is 8.39. The summed E-state index contributed by atoms with van der Waals surface area (Å²) >= 11 is 0. The third-order valence-corrected chi connectivity index (χ3v) is 1.62. The Kier molecular flexibility index (Phi) is 6.80. The van der Waals surface area contributed by atoms with Crippen molar-refractivity contribution in [2.45, 2.75) is 39.2 Å². The van der Waals surface area contributed by atoms with Crippen molar-refractivity contribution in [3.63, 3.8) is 0 Å². The van der Waals surface area contributed by atoms with Crippen LogP contribution in [0.4, 0.5) is 4.79 Å². The normalized spacial score (nSPS) is 11.5. The molecule has 0 aromatic heterocycles. The van der Waals surface area contributed by atoms with E-state index < -0.39 is 0 Å². The van der Waals surface area contributed by atoms with Gasteiger partial charge in [0.1, 0.15) is 0 Å². The Morgan fingerprint density at radius 2 is 2.31 bits per heavy atom. The molecule has 2 N–H and O–H groups in total. The van der Waals surface area contributed by atoms with Crippen molar-refractivity contribution >= 4 is 6.03 Å². The van der Waals surface area contributed by atoms with Gasteiger partial charge in [0.25, 0.3) is 0 Å². The van der Waals surface area contributed by atoms with E-state index in [1.165, 1.54) is 0 Å². The highest BCUT2D eigenvalue weighted by atomic mass is 16.2. The maximum atomic E-state index is 11.1. The quantitative estimate of drug-likeness (QED) is 0.491. The van der Waals surface area contributed by atoms with Crippen molar-refractivity contribution in [1.29, 1.82) is 0 Å². The predicted octanol–water partition coefficient (Wildman–Crippen LogP) is 1.50. The third kappa shape index (κ3) is 7.20. The van der Waals surface area contributed by atoms with Crippen LogP contribution in [0.2, 0.25) is 0 Å². The van der Waals surface area contributed by atoms with E-state index in [9.17, 15) is 4.79 Å². The predicted molar refractivity (Wildman–Crippen MR) is 54.4 cm³/mol. The Morgan fingerprint density at radius 1 is 1.62 bits per heavy atom. The minimum Gasteiger partial charge on any atom is -0.338 e. The summed E-state index contributed by atoms with van der Waals surface area (Å²) in [6.07, 6.45) is 7.77. The van der Waals surface area contributed by atoms with E-state index in [2.05, 4.69) is 23.5 Å². The molecule has 13 heavy (non-hydrogen) atoms. The first kappa shape index (κ1) is 11.8. The molecule has 0 spiro atoms. The summed E-state index contributed by atoms with van der Waals surface area (Å²) in [5.41, 5.74) is 0. The number of unbranched alkanes of at least 4 members (excludes halogenated alkanes) is 1. The van der Waals surface area contributed by atoms with Gasteiger partial charge < -0.3 is 10.6 Å². The topological polar surface area (TPSA) is 41.1 Å². The smallest absolute Gasteiger partial charge is 0.315 e. The van der Waals surface area contributed by atoms with Crippen LogP contribution in [0.15, 0.2) is 0 Å². The van der Waals surface area contributed by atoms with Crippen LogP contribution >= 0.6 is 0 Å². The second-order valence-electron chi connectivity index (χ2n) is 3.06. The minimum absolute atomic E-state index is 0.0478. The van der Waals surface area contributed by atoms with Crippen LogP contribution in [0.3, 0.4) is 0 Å². The number of hydrogen-bond acceptors (Lipinski definition) is 1. The molecule has 0 saturated carbocycles. The zero-order valence-electron chi connectivity index (χ0n) is 8.39. The molecule has 0 aromatic carbocycles. The molecule has 0 aliphatic rings. The average molecular weight is 182 g/mol. The van der Waals surface area contributed by atoms with Crippen LogP contribution in [0.25, 0.3) is 0 Å². The molecular formula is C10H18N2O. The highest BCUT2D eigenvalue weighted by Gasteiger charge is 2.03. The average Bonchev–Trinajstić information content (AvgIpc) is 2.05. The van der Waals surface area contributed by atoms with Crippen molar-refractivity contribution in [2.24, 2.45) is 0 Å². The van der Waals surface area contributed by atoms with Crippen LogP contribution in [-0.2, 0) is 0 Å². The van der Waals surface area contributed by atoms with Crippen LogP contribution in [0.1, 0.15) is 33.1 Å². The number of amides is 2. The highest BCUT2D eigenvalue weighted by Crippen LogP contribution is 1.87.